The zero-order valence-corrected chi connectivity index (χ0v) is 14.4. The molecule has 2 N–H and O–H groups in total. The van der Waals surface area contributed by atoms with Crippen LogP contribution in [0.5, 0.6) is 5.75 Å². The van der Waals surface area contributed by atoms with E-state index in [2.05, 4.69) is 22.6 Å². The average Bonchev–Trinajstić information content (AvgIpc) is 3.12. The van der Waals surface area contributed by atoms with E-state index >= 15 is 0 Å². The summed E-state index contributed by atoms with van der Waals surface area (Å²) in [4.78, 5) is 24.3. The van der Waals surface area contributed by atoms with Crippen LogP contribution in [0.3, 0.4) is 0 Å². The minimum atomic E-state index is -0.335. The van der Waals surface area contributed by atoms with Gasteiger partial charge in [0.15, 0.2) is 6.61 Å². The predicted molar refractivity (Wildman–Crippen MR) is 100 cm³/mol. The zero-order chi connectivity index (χ0) is 18.4. The summed E-state index contributed by atoms with van der Waals surface area (Å²) >= 11 is 0. The van der Waals surface area contributed by atoms with E-state index < -0.39 is 0 Å². The fourth-order valence-corrected chi connectivity index (χ4v) is 2.99. The Morgan fingerprint density at radius 1 is 1.12 bits per heavy atom. The lowest BCUT2D eigenvalue weighted by molar-refractivity contribution is -0.118. The second-order valence-corrected chi connectivity index (χ2v) is 6.05. The largest absolute Gasteiger partial charge is 0.484 e. The first-order chi connectivity index (χ1) is 12.7. The molecule has 0 aromatic heterocycles. The molecule has 0 fully saturated rings. The Hall–Kier alpha value is -3.26. The van der Waals surface area contributed by atoms with Crippen molar-refractivity contribution in [3.8, 4) is 18.1 Å². The van der Waals surface area contributed by atoms with Crippen molar-refractivity contribution >= 4 is 17.5 Å². The van der Waals surface area contributed by atoms with Crippen LogP contribution in [0, 0.1) is 12.3 Å². The van der Waals surface area contributed by atoms with Crippen LogP contribution in [0.1, 0.15) is 27.9 Å². The van der Waals surface area contributed by atoms with E-state index in [1.54, 1.807) is 24.3 Å². The molecule has 0 atom stereocenters. The summed E-state index contributed by atoms with van der Waals surface area (Å²) in [7, 11) is 0. The van der Waals surface area contributed by atoms with Gasteiger partial charge in [-0.3, -0.25) is 9.59 Å². The standard InChI is InChI=1S/C21H20N2O3/c1-2-12-22-21(25)18-8-3-4-9-19(18)23-20(24)14-26-17-11-10-15-6-5-7-16(15)13-17/h1,3-4,8-11,13H,5-7,12,14H2,(H,22,25)(H,23,24). The quantitative estimate of drug-likeness (QED) is 0.789. The molecule has 0 saturated heterocycles. The van der Waals surface area contributed by atoms with Crippen molar-refractivity contribution in [2.24, 2.45) is 0 Å². The van der Waals surface area contributed by atoms with Crippen molar-refractivity contribution in [1.82, 2.24) is 5.32 Å². The normalized spacial score (nSPS) is 12.0. The van der Waals surface area contributed by atoms with Crippen LogP contribution in [0.2, 0.25) is 0 Å². The maximum atomic E-state index is 12.2. The van der Waals surface area contributed by atoms with Crippen LogP contribution in [0.15, 0.2) is 42.5 Å². The third-order valence-electron chi connectivity index (χ3n) is 4.24. The predicted octanol–water partition coefficient (Wildman–Crippen LogP) is 2.56. The van der Waals surface area contributed by atoms with E-state index in [0.29, 0.717) is 17.0 Å². The summed E-state index contributed by atoms with van der Waals surface area (Å²) in [6.45, 7) is 0.00164. The summed E-state index contributed by atoms with van der Waals surface area (Å²) in [5, 5.41) is 5.30. The van der Waals surface area contributed by atoms with Crippen LogP contribution < -0.4 is 15.4 Å². The van der Waals surface area contributed by atoms with Crippen LogP contribution in [-0.4, -0.2) is 25.0 Å². The van der Waals surface area contributed by atoms with E-state index in [4.69, 9.17) is 11.2 Å². The molecule has 5 heteroatoms. The number of aryl methyl sites for hydroxylation is 2. The molecule has 2 aromatic rings. The lowest BCUT2D eigenvalue weighted by Crippen LogP contribution is -2.26. The third-order valence-corrected chi connectivity index (χ3v) is 4.24. The number of carbonyl (C=O) groups is 2. The Balaban J connectivity index is 1.60. The number of benzene rings is 2. The number of hydrogen-bond donors (Lipinski definition) is 2. The number of hydrogen-bond acceptors (Lipinski definition) is 3. The molecule has 0 spiro atoms. The van der Waals surface area contributed by atoms with E-state index in [0.717, 1.165) is 19.3 Å². The highest BCUT2D eigenvalue weighted by Gasteiger charge is 2.14. The smallest absolute Gasteiger partial charge is 0.262 e. The number of terminal acetylenes is 1. The molecular weight excluding hydrogens is 328 g/mol. The van der Waals surface area contributed by atoms with E-state index in [1.807, 2.05) is 12.1 Å². The Kier molecular flexibility index (Phi) is 5.55. The second-order valence-electron chi connectivity index (χ2n) is 6.05. The Morgan fingerprint density at radius 3 is 2.77 bits per heavy atom. The van der Waals surface area contributed by atoms with Crippen molar-refractivity contribution < 1.29 is 14.3 Å². The van der Waals surface area contributed by atoms with E-state index in [-0.39, 0.29) is 25.0 Å². The van der Waals surface area contributed by atoms with E-state index in [9.17, 15) is 9.59 Å². The van der Waals surface area contributed by atoms with Gasteiger partial charge in [0, 0.05) is 0 Å². The first kappa shape index (κ1) is 17.6. The van der Waals surface area contributed by atoms with Gasteiger partial charge in [0.25, 0.3) is 11.8 Å². The molecular formula is C21H20N2O3. The van der Waals surface area contributed by atoms with Gasteiger partial charge in [0.2, 0.25) is 0 Å². The molecule has 0 saturated carbocycles. The lowest BCUT2D eigenvalue weighted by atomic mass is 10.1. The molecule has 132 valence electrons. The van der Waals surface area contributed by atoms with Crippen LogP contribution in [0.4, 0.5) is 5.69 Å². The minimum Gasteiger partial charge on any atom is -0.484 e. The molecule has 1 aliphatic carbocycles. The molecule has 2 aromatic carbocycles. The third kappa shape index (κ3) is 4.22. The summed E-state index contributed by atoms with van der Waals surface area (Å²) in [5.41, 5.74) is 3.42. The number of nitrogens with one attached hydrogen (secondary N) is 2. The minimum absolute atomic E-state index is 0.126. The van der Waals surface area contributed by atoms with Gasteiger partial charge in [-0.1, -0.05) is 24.1 Å². The molecule has 0 aliphatic heterocycles. The number of rotatable bonds is 6. The van der Waals surface area contributed by atoms with Crippen LogP contribution >= 0.6 is 0 Å². The van der Waals surface area contributed by atoms with Gasteiger partial charge in [-0.25, -0.2) is 0 Å². The molecule has 0 radical (unpaired) electrons. The van der Waals surface area contributed by atoms with Gasteiger partial charge in [-0.05, 0) is 54.7 Å². The highest BCUT2D eigenvalue weighted by atomic mass is 16.5. The van der Waals surface area contributed by atoms with Gasteiger partial charge in [0.1, 0.15) is 5.75 Å². The second kappa shape index (κ2) is 8.21. The van der Waals surface area contributed by atoms with Crippen molar-refractivity contribution in [2.45, 2.75) is 19.3 Å². The summed E-state index contributed by atoms with van der Waals surface area (Å²) in [6, 6.07) is 12.7. The van der Waals surface area contributed by atoms with Crippen LogP contribution in [-0.2, 0) is 17.6 Å². The topological polar surface area (TPSA) is 67.4 Å². The SMILES string of the molecule is C#CCNC(=O)c1ccccc1NC(=O)COc1ccc2c(c1)CCC2. The van der Waals surface area contributed by atoms with E-state index in [1.165, 1.54) is 11.1 Å². The highest BCUT2D eigenvalue weighted by molar-refractivity contribution is 6.04. The van der Waals surface area contributed by atoms with Gasteiger partial charge >= 0.3 is 0 Å². The first-order valence-corrected chi connectivity index (χ1v) is 8.52. The molecule has 5 nitrogen and oxygen atoms in total. The Bertz CT molecular complexity index is 868. The maximum absolute atomic E-state index is 12.2. The van der Waals surface area contributed by atoms with Gasteiger partial charge in [0.05, 0.1) is 17.8 Å². The summed E-state index contributed by atoms with van der Waals surface area (Å²) in [5.74, 6) is 2.36. The molecule has 1 aliphatic rings. The highest BCUT2D eigenvalue weighted by Crippen LogP contribution is 2.26. The lowest BCUT2D eigenvalue weighted by Gasteiger charge is -2.12. The van der Waals surface area contributed by atoms with Crippen molar-refractivity contribution in [1.29, 1.82) is 0 Å². The fraction of sp³-hybridized carbons (Fsp3) is 0.238. The molecule has 3 rings (SSSR count). The zero-order valence-electron chi connectivity index (χ0n) is 14.4. The monoisotopic (exact) mass is 348 g/mol. The van der Waals surface area contributed by atoms with Gasteiger partial charge in [-0.15, -0.1) is 6.42 Å². The summed E-state index contributed by atoms with van der Waals surface area (Å²) in [6.07, 6.45) is 8.48. The number of ether oxygens (including phenoxy) is 1. The number of para-hydroxylation sites is 1. The summed E-state index contributed by atoms with van der Waals surface area (Å²) < 4.78 is 5.59. The van der Waals surface area contributed by atoms with Crippen molar-refractivity contribution in [3.05, 3.63) is 59.2 Å². The Labute approximate surface area is 152 Å². The van der Waals surface area contributed by atoms with Crippen molar-refractivity contribution in [3.63, 3.8) is 0 Å². The average molecular weight is 348 g/mol. The number of amides is 2. The molecule has 0 unspecified atom stereocenters. The van der Waals surface area contributed by atoms with Crippen molar-refractivity contribution in [2.75, 3.05) is 18.5 Å². The van der Waals surface area contributed by atoms with Gasteiger partial charge < -0.3 is 15.4 Å². The fourth-order valence-electron chi connectivity index (χ4n) is 2.99. The first-order valence-electron chi connectivity index (χ1n) is 8.52. The number of carbonyl (C=O) groups excluding carboxylic acids is 2. The molecule has 0 bridgehead atoms. The molecule has 0 heterocycles. The maximum Gasteiger partial charge on any atom is 0.262 e. The molecule has 26 heavy (non-hydrogen) atoms. The number of fused-ring (bicyclic) bond motifs is 1. The van der Waals surface area contributed by atoms with Gasteiger partial charge in [-0.2, -0.15) is 0 Å². The Morgan fingerprint density at radius 2 is 1.92 bits per heavy atom. The number of anilines is 1. The van der Waals surface area contributed by atoms with Crippen LogP contribution in [0.25, 0.3) is 0 Å². The molecule has 2 amide bonds.